The predicted molar refractivity (Wildman–Crippen MR) is 95.4 cm³/mol. The fraction of sp³-hybridized carbons (Fsp3) is 0.368. The second kappa shape index (κ2) is 6.74. The first-order valence-corrected chi connectivity index (χ1v) is 8.87. The van der Waals surface area contributed by atoms with Crippen LogP contribution in [0.4, 0.5) is 0 Å². The van der Waals surface area contributed by atoms with E-state index in [1.807, 2.05) is 22.9 Å². The van der Waals surface area contributed by atoms with Gasteiger partial charge in [-0.25, -0.2) is 4.68 Å². The molecule has 2 heterocycles. The number of aromatic nitrogens is 4. The molecule has 7 nitrogen and oxygen atoms in total. The summed E-state index contributed by atoms with van der Waals surface area (Å²) in [6, 6.07) is 8.11. The van der Waals surface area contributed by atoms with E-state index in [0.717, 1.165) is 41.8 Å². The Morgan fingerprint density at radius 2 is 2.12 bits per heavy atom. The lowest BCUT2D eigenvalue weighted by atomic mass is 10.2. The fourth-order valence-electron chi connectivity index (χ4n) is 3.43. The molecule has 4 rings (SSSR count). The summed E-state index contributed by atoms with van der Waals surface area (Å²) in [5.41, 5.74) is 4.92. The van der Waals surface area contributed by atoms with Crippen LogP contribution in [0.25, 0.3) is 5.69 Å². The quantitative estimate of drug-likeness (QED) is 0.762. The summed E-state index contributed by atoms with van der Waals surface area (Å²) in [5.74, 6) is 0.978. The first-order valence-electron chi connectivity index (χ1n) is 8.87. The lowest BCUT2D eigenvalue weighted by molar-refractivity contribution is 0.0947. The SMILES string of the molecule is Cc1noc(CCNC(=O)c2nn(-c3ccccc3C)c3c2CCC3)n1. The van der Waals surface area contributed by atoms with Gasteiger partial charge in [0.25, 0.3) is 5.91 Å². The molecule has 0 saturated heterocycles. The van der Waals surface area contributed by atoms with E-state index in [1.165, 1.54) is 0 Å². The molecule has 1 aliphatic rings. The average Bonchev–Trinajstić information content (AvgIpc) is 3.32. The van der Waals surface area contributed by atoms with Gasteiger partial charge < -0.3 is 9.84 Å². The lowest BCUT2D eigenvalue weighted by Gasteiger charge is -2.08. The molecule has 1 N–H and O–H groups in total. The minimum absolute atomic E-state index is 0.147. The third kappa shape index (κ3) is 3.00. The maximum atomic E-state index is 12.7. The number of nitrogens with zero attached hydrogens (tertiary/aromatic N) is 4. The van der Waals surface area contributed by atoms with Crippen molar-refractivity contribution in [3.05, 3.63) is 58.5 Å². The van der Waals surface area contributed by atoms with Crippen molar-refractivity contribution < 1.29 is 9.32 Å². The molecule has 134 valence electrons. The molecule has 7 heteroatoms. The monoisotopic (exact) mass is 351 g/mol. The van der Waals surface area contributed by atoms with E-state index in [2.05, 4.69) is 33.5 Å². The minimum Gasteiger partial charge on any atom is -0.350 e. The number of benzene rings is 1. The Balaban J connectivity index is 1.54. The van der Waals surface area contributed by atoms with Crippen LogP contribution in [0.15, 0.2) is 28.8 Å². The van der Waals surface area contributed by atoms with Crippen LogP contribution in [0.5, 0.6) is 0 Å². The smallest absolute Gasteiger partial charge is 0.272 e. The summed E-state index contributed by atoms with van der Waals surface area (Å²) in [5, 5.41) is 11.3. The highest BCUT2D eigenvalue weighted by atomic mass is 16.5. The molecule has 26 heavy (non-hydrogen) atoms. The summed E-state index contributed by atoms with van der Waals surface area (Å²) >= 11 is 0. The highest BCUT2D eigenvalue weighted by molar-refractivity contribution is 5.94. The fourth-order valence-corrected chi connectivity index (χ4v) is 3.43. The molecule has 0 unspecified atom stereocenters. The van der Waals surface area contributed by atoms with E-state index in [-0.39, 0.29) is 5.91 Å². The van der Waals surface area contributed by atoms with Gasteiger partial charge in [-0.1, -0.05) is 23.4 Å². The first-order chi connectivity index (χ1) is 12.6. The first kappa shape index (κ1) is 16.5. The third-order valence-corrected chi connectivity index (χ3v) is 4.68. The maximum absolute atomic E-state index is 12.7. The van der Waals surface area contributed by atoms with Crippen molar-refractivity contribution in [3.8, 4) is 5.69 Å². The summed E-state index contributed by atoms with van der Waals surface area (Å²) < 4.78 is 7.01. The number of hydrogen-bond donors (Lipinski definition) is 1. The highest BCUT2D eigenvalue weighted by Gasteiger charge is 2.27. The van der Waals surface area contributed by atoms with Crippen molar-refractivity contribution in [2.45, 2.75) is 39.5 Å². The van der Waals surface area contributed by atoms with Crippen molar-refractivity contribution in [2.75, 3.05) is 6.54 Å². The van der Waals surface area contributed by atoms with Gasteiger partial charge in [0.05, 0.1) is 5.69 Å². The van der Waals surface area contributed by atoms with E-state index in [0.29, 0.717) is 30.4 Å². The molecule has 0 aliphatic heterocycles. The molecule has 2 aromatic heterocycles. The van der Waals surface area contributed by atoms with Crippen molar-refractivity contribution in [1.82, 2.24) is 25.2 Å². The van der Waals surface area contributed by atoms with E-state index in [9.17, 15) is 4.79 Å². The number of carbonyl (C=O) groups is 1. The second-order valence-corrected chi connectivity index (χ2v) is 6.57. The summed E-state index contributed by atoms with van der Waals surface area (Å²) in [6.45, 7) is 4.27. The van der Waals surface area contributed by atoms with E-state index < -0.39 is 0 Å². The average molecular weight is 351 g/mol. The number of amides is 1. The van der Waals surface area contributed by atoms with E-state index in [4.69, 9.17) is 4.52 Å². The summed E-state index contributed by atoms with van der Waals surface area (Å²) in [4.78, 5) is 16.8. The van der Waals surface area contributed by atoms with Gasteiger partial charge in [0.1, 0.15) is 0 Å². The van der Waals surface area contributed by atoms with E-state index >= 15 is 0 Å². The van der Waals surface area contributed by atoms with Crippen LogP contribution in [0.3, 0.4) is 0 Å². The van der Waals surface area contributed by atoms with E-state index in [1.54, 1.807) is 6.92 Å². The van der Waals surface area contributed by atoms with Gasteiger partial charge in [0.2, 0.25) is 5.89 Å². The molecule has 0 saturated carbocycles. The standard InChI is InChI=1S/C19H21N5O2/c1-12-6-3-4-8-15(12)24-16-9-5-7-14(16)18(22-24)19(25)20-11-10-17-21-13(2)23-26-17/h3-4,6,8H,5,7,9-11H2,1-2H3,(H,20,25). The Labute approximate surface area is 151 Å². The summed E-state index contributed by atoms with van der Waals surface area (Å²) in [7, 11) is 0. The van der Waals surface area contributed by atoms with Gasteiger partial charge in [-0.05, 0) is 44.7 Å². The topological polar surface area (TPSA) is 85.8 Å². The molecular weight excluding hydrogens is 330 g/mol. The number of carbonyl (C=O) groups excluding carboxylic acids is 1. The number of para-hydroxylation sites is 1. The van der Waals surface area contributed by atoms with Crippen molar-refractivity contribution in [3.63, 3.8) is 0 Å². The van der Waals surface area contributed by atoms with Crippen LogP contribution in [-0.4, -0.2) is 32.4 Å². The molecule has 0 radical (unpaired) electrons. The zero-order valence-corrected chi connectivity index (χ0v) is 15.0. The molecular formula is C19H21N5O2. The molecule has 3 aromatic rings. The Bertz CT molecular complexity index is 957. The zero-order valence-electron chi connectivity index (χ0n) is 15.0. The molecule has 0 fully saturated rings. The van der Waals surface area contributed by atoms with Crippen LogP contribution in [0.1, 0.15) is 45.4 Å². The Morgan fingerprint density at radius 3 is 2.88 bits per heavy atom. The zero-order chi connectivity index (χ0) is 18.1. The molecule has 1 aromatic carbocycles. The van der Waals surface area contributed by atoms with Crippen LogP contribution >= 0.6 is 0 Å². The van der Waals surface area contributed by atoms with Gasteiger partial charge in [-0.3, -0.25) is 4.79 Å². The van der Waals surface area contributed by atoms with Gasteiger partial charge in [-0.2, -0.15) is 10.1 Å². The van der Waals surface area contributed by atoms with Gasteiger partial charge in [0.15, 0.2) is 11.5 Å². The van der Waals surface area contributed by atoms with Gasteiger partial charge >= 0.3 is 0 Å². The van der Waals surface area contributed by atoms with Crippen LogP contribution < -0.4 is 5.32 Å². The number of hydrogen-bond acceptors (Lipinski definition) is 5. The van der Waals surface area contributed by atoms with Crippen LogP contribution in [-0.2, 0) is 19.3 Å². The van der Waals surface area contributed by atoms with Gasteiger partial charge in [0, 0.05) is 24.2 Å². The lowest BCUT2D eigenvalue weighted by Crippen LogP contribution is -2.27. The largest absolute Gasteiger partial charge is 0.350 e. The van der Waals surface area contributed by atoms with Crippen molar-refractivity contribution >= 4 is 5.91 Å². The van der Waals surface area contributed by atoms with Crippen molar-refractivity contribution in [2.24, 2.45) is 0 Å². The normalized spacial score (nSPS) is 13.0. The number of rotatable bonds is 5. The van der Waals surface area contributed by atoms with Crippen LogP contribution in [0, 0.1) is 13.8 Å². The molecule has 1 amide bonds. The highest BCUT2D eigenvalue weighted by Crippen LogP contribution is 2.28. The minimum atomic E-state index is -0.147. The molecule has 0 spiro atoms. The van der Waals surface area contributed by atoms with Crippen molar-refractivity contribution in [1.29, 1.82) is 0 Å². The molecule has 0 bridgehead atoms. The summed E-state index contributed by atoms with van der Waals surface area (Å²) in [6.07, 6.45) is 3.41. The number of nitrogens with one attached hydrogen (secondary N) is 1. The Morgan fingerprint density at radius 1 is 1.27 bits per heavy atom. The Hall–Kier alpha value is -2.96. The second-order valence-electron chi connectivity index (χ2n) is 6.57. The Kier molecular flexibility index (Phi) is 4.28. The number of aryl methyl sites for hydroxylation is 2. The maximum Gasteiger partial charge on any atom is 0.272 e. The molecule has 1 aliphatic carbocycles. The predicted octanol–water partition coefficient (Wildman–Crippen LogP) is 2.33. The van der Waals surface area contributed by atoms with Gasteiger partial charge in [-0.15, -0.1) is 0 Å². The molecule has 0 atom stereocenters. The number of fused-ring (bicyclic) bond motifs is 1. The van der Waals surface area contributed by atoms with Crippen LogP contribution in [0.2, 0.25) is 0 Å². The third-order valence-electron chi connectivity index (χ3n) is 4.68.